The maximum absolute atomic E-state index is 14.5. The molecule has 0 atom stereocenters. The summed E-state index contributed by atoms with van der Waals surface area (Å²) in [6.07, 6.45) is 2.91. The molecule has 0 bridgehead atoms. The molecular weight excluding hydrogens is 367 g/mol. The highest BCUT2D eigenvalue weighted by Crippen LogP contribution is 2.29. The maximum atomic E-state index is 14.5. The zero-order valence-electron chi connectivity index (χ0n) is 15.6. The zero-order chi connectivity index (χ0) is 19.4. The zero-order valence-corrected chi connectivity index (χ0v) is 16.4. The topological polar surface area (TPSA) is 58.6 Å². The summed E-state index contributed by atoms with van der Waals surface area (Å²) in [6.45, 7) is 1.51. The fraction of sp³-hybridized carbons (Fsp3) is 0.400. The van der Waals surface area contributed by atoms with Crippen LogP contribution in [0.1, 0.15) is 18.4 Å². The van der Waals surface area contributed by atoms with Crippen molar-refractivity contribution in [3.63, 3.8) is 0 Å². The molecule has 2 aromatic rings. The third-order valence-electron chi connectivity index (χ3n) is 5.11. The Morgan fingerprint density at radius 1 is 1.19 bits per heavy atom. The number of hydrogen-bond donors (Lipinski definition) is 1. The van der Waals surface area contributed by atoms with Crippen molar-refractivity contribution in [1.29, 1.82) is 0 Å². The Morgan fingerprint density at radius 2 is 1.93 bits per heavy atom. The van der Waals surface area contributed by atoms with Gasteiger partial charge in [-0.1, -0.05) is 12.1 Å². The molecule has 0 radical (unpaired) electrons. The van der Waals surface area contributed by atoms with Crippen molar-refractivity contribution in [2.24, 2.45) is 5.92 Å². The summed E-state index contributed by atoms with van der Waals surface area (Å²) in [7, 11) is -0.656. The summed E-state index contributed by atoms with van der Waals surface area (Å²) >= 11 is 0. The van der Waals surface area contributed by atoms with Gasteiger partial charge in [-0.05, 0) is 68.1 Å². The van der Waals surface area contributed by atoms with Crippen molar-refractivity contribution >= 4 is 15.7 Å². The van der Waals surface area contributed by atoms with Crippen molar-refractivity contribution in [1.82, 2.24) is 4.72 Å². The van der Waals surface area contributed by atoms with Gasteiger partial charge in [-0.3, -0.25) is 0 Å². The Kier molecular flexibility index (Phi) is 6.01. The van der Waals surface area contributed by atoms with Crippen LogP contribution in [0.15, 0.2) is 47.4 Å². The van der Waals surface area contributed by atoms with E-state index in [1.54, 1.807) is 13.2 Å². The minimum atomic E-state index is -3.64. The molecule has 146 valence electrons. The minimum absolute atomic E-state index is 0.0563. The smallest absolute Gasteiger partial charge is 0.240 e. The number of methoxy groups -OCH3 is 1. The van der Waals surface area contributed by atoms with Crippen LogP contribution >= 0.6 is 0 Å². The molecule has 2 aromatic carbocycles. The highest BCUT2D eigenvalue weighted by atomic mass is 32.2. The first kappa shape index (κ1) is 19.6. The normalized spacial score (nSPS) is 15.7. The first-order valence-electron chi connectivity index (χ1n) is 9.04. The van der Waals surface area contributed by atoms with Crippen LogP contribution in [0.4, 0.5) is 10.1 Å². The lowest BCUT2D eigenvalue weighted by molar-refractivity contribution is 0.397. The number of ether oxygens (including phenoxy) is 1. The molecule has 0 saturated carbocycles. The van der Waals surface area contributed by atoms with Crippen LogP contribution in [0, 0.1) is 11.7 Å². The second-order valence-corrected chi connectivity index (χ2v) is 8.69. The third-order valence-corrected chi connectivity index (χ3v) is 6.52. The molecule has 1 aliphatic heterocycles. The summed E-state index contributed by atoms with van der Waals surface area (Å²) in [5, 5.41) is 0. The quantitative estimate of drug-likeness (QED) is 0.820. The van der Waals surface area contributed by atoms with Crippen LogP contribution in [-0.2, 0) is 16.4 Å². The second kappa shape index (κ2) is 8.27. The van der Waals surface area contributed by atoms with Gasteiger partial charge < -0.3 is 9.64 Å². The standard InChI is InChI=1S/C20H25FN2O3S/c1-22-27(24,25)18-6-7-20(19(21)14-18)23-10-8-15(9-11-23)12-16-4-3-5-17(13-16)26-2/h3-7,13-15,22H,8-12H2,1-2H3. The molecule has 1 fully saturated rings. The van der Waals surface area contributed by atoms with Crippen molar-refractivity contribution in [2.75, 3.05) is 32.1 Å². The van der Waals surface area contributed by atoms with Crippen molar-refractivity contribution in [3.05, 3.63) is 53.8 Å². The number of nitrogens with one attached hydrogen (secondary N) is 1. The number of nitrogens with zero attached hydrogens (tertiary/aromatic N) is 1. The Balaban J connectivity index is 1.63. The van der Waals surface area contributed by atoms with Crippen LogP contribution < -0.4 is 14.4 Å². The third kappa shape index (κ3) is 4.59. The van der Waals surface area contributed by atoms with Crippen LogP contribution in [0.2, 0.25) is 0 Å². The van der Waals surface area contributed by atoms with E-state index in [0.717, 1.165) is 44.2 Å². The van der Waals surface area contributed by atoms with E-state index in [4.69, 9.17) is 4.74 Å². The molecule has 0 unspecified atom stereocenters. The minimum Gasteiger partial charge on any atom is -0.497 e. The average Bonchev–Trinajstić information content (AvgIpc) is 2.69. The predicted octanol–water partition coefficient (Wildman–Crippen LogP) is 3.20. The average molecular weight is 392 g/mol. The molecule has 5 nitrogen and oxygen atoms in total. The SMILES string of the molecule is CNS(=O)(=O)c1ccc(N2CCC(Cc3cccc(OC)c3)CC2)c(F)c1. The summed E-state index contributed by atoms with van der Waals surface area (Å²) in [5.74, 6) is 0.904. The predicted molar refractivity (Wildman–Crippen MR) is 104 cm³/mol. The van der Waals surface area contributed by atoms with Gasteiger partial charge in [0.05, 0.1) is 17.7 Å². The first-order valence-corrected chi connectivity index (χ1v) is 10.5. The van der Waals surface area contributed by atoms with E-state index in [0.29, 0.717) is 11.6 Å². The van der Waals surface area contributed by atoms with E-state index < -0.39 is 15.8 Å². The van der Waals surface area contributed by atoms with E-state index in [9.17, 15) is 12.8 Å². The molecule has 3 rings (SSSR count). The van der Waals surface area contributed by atoms with Gasteiger partial charge in [0, 0.05) is 13.1 Å². The number of hydrogen-bond acceptors (Lipinski definition) is 4. The van der Waals surface area contributed by atoms with Crippen LogP contribution in [-0.4, -0.2) is 35.7 Å². The molecule has 27 heavy (non-hydrogen) atoms. The number of benzene rings is 2. The van der Waals surface area contributed by atoms with Crippen LogP contribution in [0.3, 0.4) is 0 Å². The van der Waals surface area contributed by atoms with Crippen molar-refractivity contribution in [2.45, 2.75) is 24.2 Å². The van der Waals surface area contributed by atoms with Gasteiger partial charge in [0.25, 0.3) is 0 Å². The van der Waals surface area contributed by atoms with Crippen LogP contribution in [0.5, 0.6) is 5.75 Å². The second-order valence-electron chi connectivity index (χ2n) is 6.81. The van der Waals surface area contributed by atoms with E-state index in [1.807, 2.05) is 17.0 Å². The summed E-state index contributed by atoms with van der Waals surface area (Å²) in [4.78, 5) is 1.94. The van der Waals surface area contributed by atoms with Gasteiger partial charge in [0.1, 0.15) is 11.6 Å². The summed E-state index contributed by atoms with van der Waals surface area (Å²) in [5.41, 5.74) is 1.71. The Bertz CT molecular complexity index is 894. The van der Waals surface area contributed by atoms with E-state index in [-0.39, 0.29) is 4.90 Å². The van der Waals surface area contributed by atoms with Crippen molar-refractivity contribution < 1.29 is 17.5 Å². The Morgan fingerprint density at radius 3 is 2.56 bits per heavy atom. The van der Waals surface area contributed by atoms with E-state index in [2.05, 4.69) is 16.9 Å². The largest absolute Gasteiger partial charge is 0.497 e. The molecule has 0 aliphatic carbocycles. The lowest BCUT2D eigenvalue weighted by atomic mass is 9.90. The maximum Gasteiger partial charge on any atom is 0.240 e. The van der Waals surface area contributed by atoms with Gasteiger partial charge in [-0.15, -0.1) is 0 Å². The fourth-order valence-corrected chi connectivity index (χ4v) is 4.28. The molecule has 0 amide bonds. The number of sulfonamides is 1. The van der Waals surface area contributed by atoms with E-state index >= 15 is 0 Å². The fourth-order valence-electron chi connectivity index (χ4n) is 3.54. The first-order chi connectivity index (χ1) is 12.9. The lowest BCUT2D eigenvalue weighted by Crippen LogP contribution is -2.35. The number of halogens is 1. The molecule has 1 aliphatic rings. The molecule has 0 aromatic heterocycles. The molecule has 1 heterocycles. The molecular formula is C20H25FN2O3S. The monoisotopic (exact) mass is 392 g/mol. The number of anilines is 1. The molecule has 0 spiro atoms. The van der Waals surface area contributed by atoms with Crippen molar-refractivity contribution in [3.8, 4) is 5.75 Å². The van der Waals surface area contributed by atoms with Gasteiger partial charge in [-0.25, -0.2) is 17.5 Å². The molecule has 1 N–H and O–H groups in total. The molecule has 7 heteroatoms. The Labute approximate surface area is 160 Å². The number of piperidine rings is 1. The van der Waals surface area contributed by atoms with Crippen LogP contribution in [0.25, 0.3) is 0 Å². The summed E-state index contributed by atoms with van der Waals surface area (Å²) in [6, 6.07) is 12.2. The van der Waals surface area contributed by atoms with Gasteiger partial charge in [0.15, 0.2) is 0 Å². The van der Waals surface area contributed by atoms with Gasteiger partial charge in [0.2, 0.25) is 10.0 Å². The lowest BCUT2D eigenvalue weighted by Gasteiger charge is -2.34. The highest BCUT2D eigenvalue weighted by Gasteiger charge is 2.23. The van der Waals surface area contributed by atoms with E-state index in [1.165, 1.54) is 18.7 Å². The van der Waals surface area contributed by atoms with Gasteiger partial charge >= 0.3 is 0 Å². The molecule has 1 saturated heterocycles. The Hall–Kier alpha value is -2.12. The van der Waals surface area contributed by atoms with Gasteiger partial charge in [-0.2, -0.15) is 0 Å². The highest BCUT2D eigenvalue weighted by molar-refractivity contribution is 7.89. The number of rotatable bonds is 6. The summed E-state index contributed by atoms with van der Waals surface area (Å²) < 4.78 is 45.6.